The molecule has 0 aromatic heterocycles. The number of non-ortho nitro benzene ring substituents is 1. The second-order valence-electron chi connectivity index (χ2n) is 3.68. The highest BCUT2D eigenvalue weighted by atomic mass is 16.6. The largest absolute Gasteiger partial charge is 0.493 e. The molecule has 3 N–H and O–H groups in total. The number of nitrogens with one attached hydrogen (secondary N) is 1. The van der Waals surface area contributed by atoms with Crippen LogP contribution in [0.25, 0.3) is 0 Å². The molecule has 1 aromatic carbocycles. The maximum atomic E-state index is 10.6. The average molecular weight is 237 g/mol. The minimum atomic E-state index is -0.456. The Bertz CT molecular complexity index is 432. The van der Waals surface area contributed by atoms with E-state index in [2.05, 4.69) is 0 Å². The summed E-state index contributed by atoms with van der Waals surface area (Å²) < 4.78 is 5.42. The van der Waals surface area contributed by atoms with E-state index in [-0.39, 0.29) is 11.5 Å². The van der Waals surface area contributed by atoms with E-state index in [9.17, 15) is 10.1 Å². The van der Waals surface area contributed by atoms with Crippen molar-refractivity contribution in [1.82, 2.24) is 0 Å². The molecular weight excluding hydrogens is 222 g/mol. The molecule has 0 spiro atoms. The summed E-state index contributed by atoms with van der Waals surface area (Å²) >= 11 is 0. The molecule has 92 valence electrons. The van der Waals surface area contributed by atoms with Crippen LogP contribution in [-0.4, -0.2) is 17.4 Å². The average Bonchev–Trinajstić information content (AvgIpc) is 2.25. The fourth-order valence-electron chi connectivity index (χ4n) is 1.30. The van der Waals surface area contributed by atoms with Gasteiger partial charge in [0.15, 0.2) is 0 Å². The highest BCUT2D eigenvalue weighted by molar-refractivity contribution is 5.76. The van der Waals surface area contributed by atoms with Crippen molar-refractivity contribution in [3.8, 4) is 5.75 Å². The molecule has 17 heavy (non-hydrogen) atoms. The van der Waals surface area contributed by atoms with Gasteiger partial charge in [0.1, 0.15) is 5.75 Å². The molecule has 1 rings (SSSR count). The lowest BCUT2D eigenvalue weighted by Crippen LogP contribution is -2.11. The lowest BCUT2D eigenvalue weighted by molar-refractivity contribution is -0.384. The number of hydrogen-bond donors (Lipinski definition) is 2. The van der Waals surface area contributed by atoms with E-state index in [0.717, 1.165) is 5.56 Å². The molecule has 0 aliphatic carbocycles. The minimum Gasteiger partial charge on any atom is -0.493 e. The van der Waals surface area contributed by atoms with Gasteiger partial charge < -0.3 is 10.5 Å². The van der Waals surface area contributed by atoms with Crippen molar-refractivity contribution < 1.29 is 9.66 Å². The number of amidine groups is 1. The first-order chi connectivity index (χ1) is 8.00. The van der Waals surface area contributed by atoms with Crippen molar-refractivity contribution in [1.29, 1.82) is 5.41 Å². The maximum absolute atomic E-state index is 10.6. The molecule has 0 aliphatic heterocycles. The van der Waals surface area contributed by atoms with Gasteiger partial charge in [0.05, 0.1) is 23.4 Å². The third kappa shape index (κ3) is 4.10. The molecule has 0 saturated carbocycles. The molecule has 1 aromatic rings. The molecule has 6 nitrogen and oxygen atoms in total. The summed E-state index contributed by atoms with van der Waals surface area (Å²) in [6.07, 6.45) is 1.09. The zero-order chi connectivity index (χ0) is 12.8. The van der Waals surface area contributed by atoms with E-state index in [1.165, 1.54) is 12.1 Å². The normalized spacial score (nSPS) is 9.94. The van der Waals surface area contributed by atoms with Crippen molar-refractivity contribution in [2.75, 3.05) is 6.61 Å². The van der Waals surface area contributed by atoms with Crippen LogP contribution in [0.1, 0.15) is 18.4 Å². The van der Waals surface area contributed by atoms with E-state index >= 15 is 0 Å². The Morgan fingerprint density at radius 3 is 2.88 bits per heavy atom. The highest BCUT2D eigenvalue weighted by Gasteiger charge is 2.09. The van der Waals surface area contributed by atoms with Gasteiger partial charge in [0.25, 0.3) is 5.69 Å². The van der Waals surface area contributed by atoms with Crippen LogP contribution in [0, 0.1) is 22.4 Å². The Balaban J connectivity index is 2.60. The predicted octanol–water partition coefficient (Wildman–Crippen LogP) is 2.00. The fraction of sp³-hybridized carbons (Fsp3) is 0.364. The molecule has 6 heteroatoms. The van der Waals surface area contributed by atoms with E-state index < -0.39 is 4.92 Å². The second kappa shape index (κ2) is 5.83. The summed E-state index contributed by atoms with van der Waals surface area (Å²) in [4.78, 5) is 10.1. The smallest absolute Gasteiger partial charge is 0.273 e. The first-order valence-electron chi connectivity index (χ1n) is 5.21. The van der Waals surface area contributed by atoms with Crippen molar-refractivity contribution in [2.45, 2.75) is 19.8 Å². The number of nitrogens with two attached hydrogens (primary N) is 1. The Hall–Kier alpha value is -2.11. The molecule has 0 bridgehead atoms. The molecule has 0 atom stereocenters. The summed E-state index contributed by atoms with van der Waals surface area (Å²) in [6, 6.07) is 4.50. The number of nitro groups is 1. The van der Waals surface area contributed by atoms with Gasteiger partial charge in [-0.2, -0.15) is 0 Å². The van der Waals surface area contributed by atoms with Crippen LogP contribution < -0.4 is 10.5 Å². The third-order valence-electron chi connectivity index (χ3n) is 2.23. The van der Waals surface area contributed by atoms with Crippen LogP contribution in [0.5, 0.6) is 5.75 Å². The topological polar surface area (TPSA) is 102 Å². The van der Waals surface area contributed by atoms with Crippen LogP contribution in [0.3, 0.4) is 0 Å². The van der Waals surface area contributed by atoms with Gasteiger partial charge in [-0.1, -0.05) is 0 Å². The number of rotatable bonds is 6. The SMILES string of the molecule is Cc1ccc([N+](=O)[O-])cc1OCCCC(=N)N. The second-order valence-corrected chi connectivity index (χ2v) is 3.68. The molecule has 0 unspecified atom stereocenters. The Morgan fingerprint density at radius 2 is 2.29 bits per heavy atom. The van der Waals surface area contributed by atoms with E-state index in [1.54, 1.807) is 6.07 Å². The predicted molar refractivity (Wildman–Crippen MR) is 64.5 cm³/mol. The van der Waals surface area contributed by atoms with Crippen LogP contribution in [0.2, 0.25) is 0 Å². The lowest BCUT2D eigenvalue weighted by Gasteiger charge is -2.08. The summed E-state index contributed by atoms with van der Waals surface area (Å²) in [5.74, 6) is 0.618. The number of hydrogen-bond acceptors (Lipinski definition) is 4. The summed E-state index contributed by atoms with van der Waals surface area (Å²) in [6.45, 7) is 2.21. The summed E-state index contributed by atoms with van der Waals surface area (Å²) in [5, 5.41) is 17.6. The van der Waals surface area contributed by atoms with Gasteiger partial charge in [0, 0.05) is 12.5 Å². The lowest BCUT2D eigenvalue weighted by atomic mass is 10.2. The van der Waals surface area contributed by atoms with Gasteiger partial charge in [-0.25, -0.2) is 0 Å². The standard InChI is InChI=1S/C11H15N3O3/c1-8-4-5-9(14(15)16)7-10(8)17-6-2-3-11(12)13/h4-5,7H,2-3,6H2,1H3,(H3,12,13). The maximum Gasteiger partial charge on any atom is 0.273 e. The van der Waals surface area contributed by atoms with Crippen LogP contribution in [-0.2, 0) is 0 Å². The van der Waals surface area contributed by atoms with Crippen molar-refractivity contribution in [3.63, 3.8) is 0 Å². The Kier molecular flexibility index (Phi) is 4.45. The van der Waals surface area contributed by atoms with Crippen LogP contribution >= 0.6 is 0 Å². The zero-order valence-electron chi connectivity index (χ0n) is 9.60. The van der Waals surface area contributed by atoms with E-state index in [1.807, 2.05) is 6.92 Å². The fourth-order valence-corrected chi connectivity index (χ4v) is 1.30. The number of aryl methyl sites for hydroxylation is 1. The molecule has 0 heterocycles. The van der Waals surface area contributed by atoms with Gasteiger partial charge >= 0.3 is 0 Å². The molecule has 0 radical (unpaired) electrons. The Morgan fingerprint density at radius 1 is 1.59 bits per heavy atom. The molecule has 0 amide bonds. The molecular formula is C11H15N3O3. The van der Waals surface area contributed by atoms with Crippen molar-refractivity contribution in [2.24, 2.45) is 5.73 Å². The molecule has 0 aliphatic rings. The van der Waals surface area contributed by atoms with Crippen LogP contribution in [0.4, 0.5) is 5.69 Å². The van der Waals surface area contributed by atoms with Gasteiger partial charge in [-0.3, -0.25) is 15.5 Å². The number of nitro benzene ring substituents is 1. The van der Waals surface area contributed by atoms with Gasteiger partial charge in [0.2, 0.25) is 0 Å². The first-order valence-corrected chi connectivity index (χ1v) is 5.21. The van der Waals surface area contributed by atoms with E-state index in [4.69, 9.17) is 15.9 Å². The molecule has 0 saturated heterocycles. The summed E-state index contributed by atoms with van der Waals surface area (Å²) in [5.41, 5.74) is 6.06. The highest BCUT2D eigenvalue weighted by Crippen LogP contribution is 2.24. The van der Waals surface area contributed by atoms with Gasteiger partial charge in [-0.05, 0) is 25.0 Å². The quantitative estimate of drug-likeness (QED) is 0.259. The van der Waals surface area contributed by atoms with E-state index in [0.29, 0.717) is 25.2 Å². The van der Waals surface area contributed by atoms with Gasteiger partial charge in [-0.15, -0.1) is 0 Å². The minimum absolute atomic E-state index is 0.0113. The third-order valence-corrected chi connectivity index (χ3v) is 2.23. The van der Waals surface area contributed by atoms with Crippen LogP contribution in [0.15, 0.2) is 18.2 Å². The number of nitrogens with zero attached hydrogens (tertiary/aromatic N) is 1. The Labute approximate surface area is 99.0 Å². The van der Waals surface area contributed by atoms with Crippen molar-refractivity contribution in [3.05, 3.63) is 33.9 Å². The number of ether oxygens (including phenoxy) is 1. The first kappa shape index (κ1) is 13.0. The molecule has 0 fully saturated rings. The zero-order valence-corrected chi connectivity index (χ0v) is 9.60. The number of benzene rings is 1. The van der Waals surface area contributed by atoms with Crippen molar-refractivity contribution >= 4 is 11.5 Å². The monoisotopic (exact) mass is 237 g/mol. The summed E-state index contributed by atoms with van der Waals surface area (Å²) in [7, 11) is 0.